The summed E-state index contributed by atoms with van der Waals surface area (Å²) in [5.41, 5.74) is -1.60. The van der Waals surface area contributed by atoms with E-state index in [4.69, 9.17) is 11.0 Å². The van der Waals surface area contributed by atoms with E-state index in [-0.39, 0.29) is 17.6 Å². The van der Waals surface area contributed by atoms with Crippen molar-refractivity contribution in [3.05, 3.63) is 54.6 Å². The van der Waals surface area contributed by atoms with Gasteiger partial charge in [0.1, 0.15) is 11.6 Å². The zero-order valence-electron chi connectivity index (χ0n) is 10.0. The van der Waals surface area contributed by atoms with Gasteiger partial charge in [0, 0.05) is 12.5 Å². The van der Waals surface area contributed by atoms with Crippen LogP contribution in [0.3, 0.4) is 0 Å². The first-order chi connectivity index (χ1) is 8.84. The van der Waals surface area contributed by atoms with E-state index in [2.05, 4.69) is 18.0 Å². The molecule has 1 rings (SSSR count). The van der Waals surface area contributed by atoms with Crippen LogP contribution in [0.5, 0.6) is 0 Å². The molecule has 1 unspecified atom stereocenters. The number of carboxylic acids is 1. The van der Waals surface area contributed by atoms with E-state index >= 15 is 0 Å². The third-order valence-corrected chi connectivity index (χ3v) is 2.65. The van der Waals surface area contributed by atoms with Crippen LogP contribution in [0.15, 0.2) is 37.4 Å². The minimum Gasteiger partial charge on any atom is -0.479 e. The summed E-state index contributed by atoms with van der Waals surface area (Å²) < 4.78 is 26.1. The number of nitrogens with two attached hydrogens (primary N) is 1. The molecule has 1 aromatic carbocycles. The van der Waals surface area contributed by atoms with Gasteiger partial charge in [-0.3, -0.25) is 4.84 Å². The van der Waals surface area contributed by atoms with Crippen LogP contribution in [-0.2, 0) is 9.63 Å². The molecule has 0 aromatic heterocycles. The van der Waals surface area contributed by atoms with Gasteiger partial charge in [-0.05, 0) is 29.3 Å². The van der Waals surface area contributed by atoms with Crippen molar-refractivity contribution in [3.8, 4) is 0 Å². The Morgan fingerprint density at radius 2 is 1.95 bits per heavy atom. The lowest BCUT2D eigenvalue weighted by molar-refractivity contribution is -0.159. The van der Waals surface area contributed by atoms with E-state index in [1.54, 1.807) is 0 Å². The largest absolute Gasteiger partial charge is 0.479 e. The molecule has 0 saturated heterocycles. The fraction of sp³-hybridized carbons (Fsp3) is 0.154. The van der Waals surface area contributed by atoms with Crippen LogP contribution in [-0.4, -0.2) is 16.7 Å². The van der Waals surface area contributed by atoms with Crippen molar-refractivity contribution >= 4 is 11.5 Å². The van der Waals surface area contributed by atoms with Gasteiger partial charge in [-0.25, -0.2) is 19.5 Å². The lowest BCUT2D eigenvalue weighted by Gasteiger charge is -2.24. The molecule has 0 amide bonds. The Morgan fingerprint density at radius 1 is 1.42 bits per heavy atom. The molecule has 0 aliphatic rings. The molecule has 1 atom stereocenters. The molecular weight excluding hydrogens is 256 g/mol. The molecule has 0 heterocycles. The Bertz CT molecular complexity index is 510. The van der Waals surface area contributed by atoms with Crippen molar-refractivity contribution in [2.75, 3.05) is 0 Å². The van der Waals surface area contributed by atoms with E-state index in [1.165, 1.54) is 0 Å². The highest BCUT2D eigenvalue weighted by Crippen LogP contribution is 2.28. The molecular formula is C13H13F2NO3. The summed E-state index contributed by atoms with van der Waals surface area (Å²) >= 11 is 0. The van der Waals surface area contributed by atoms with Gasteiger partial charge in [0.2, 0.25) is 5.60 Å². The second-order valence-electron chi connectivity index (χ2n) is 3.96. The molecule has 0 fully saturated rings. The van der Waals surface area contributed by atoms with Crippen molar-refractivity contribution < 1.29 is 23.5 Å². The van der Waals surface area contributed by atoms with Gasteiger partial charge < -0.3 is 5.11 Å². The second-order valence-corrected chi connectivity index (χ2v) is 3.96. The molecule has 0 aliphatic carbocycles. The molecule has 0 saturated carbocycles. The van der Waals surface area contributed by atoms with Gasteiger partial charge in [-0.15, -0.1) is 0 Å². The number of hydrogen-bond acceptors (Lipinski definition) is 3. The van der Waals surface area contributed by atoms with E-state index in [1.807, 2.05) is 0 Å². The zero-order chi connectivity index (χ0) is 14.6. The van der Waals surface area contributed by atoms with Crippen molar-refractivity contribution in [1.82, 2.24) is 0 Å². The average Bonchev–Trinajstić information content (AvgIpc) is 2.34. The molecule has 0 spiro atoms. The lowest BCUT2D eigenvalue weighted by Crippen LogP contribution is -2.42. The van der Waals surface area contributed by atoms with Crippen LogP contribution in [0, 0.1) is 11.6 Å². The van der Waals surface area contributed by atoms with Gasteiger partial charge in [0.15, 0.2) is 0 Å². The summed E-state index contributed by atoms with van der Waals surface area (Å²) in [5.74, 6) is 2.02. The molecule has 0 radical (unpaired) electrons. The molecule has 4 nitrogen and oxygen atoms in total. The van der Waals surface area contributed by atoms with E-state index in [0.29, 0.717) is 6.07 Å². The number of rotatable bonds is 6. The quantitative estimate of drug-likeness (QED) is 0.613. The maximum Gasteiger partial charge on any atom is 0.342 e. The Labute approximate surface area is 108 Å². The molecule has 3 N–H and O–H groups in total. The number of aliphatic carboxylic acids is 1. The van der Waals surface area contributed by atoms with Gasteiger partial charge in [-0.1, -0.05) is 13.2 Å². The van der Waals surface area contributed by atoms with Crippen LogP contribution < -0.4 is 5.90 Å². The van der Waals surface area contributed by atoms with Gasteiger partial charge in [0.05, 0.1) is 0 Å². The monoisotopic (exact) mass is 269 g/mol. The molecule has 0 aliphatic heterocycles. The fourth-order valence-corrected chi connectivity index (χ4v) is 1.55. The number of carboxylic acid groups (broad SMARTS) is 1. The third-order valence-electron chi connectivity index (χ3n) is 2.65. The first-order valence-corrected chi connectivity index (χ1v) is 5.24. The number of benzene rings is 1. The minimum atomic E-state index is -1.89. The Hall–Kier alpha value is -2.05. The summed E-state index contributed by atoms with van der Waals surface area (Å²) in [4.78, 5) is 15.6. The number of halogens is 2. The summed E-state index contributed by atoms with van der Waals surface area (Å²) in [7, 11) is 0. The van der Waals surface area contributed by atoms with Gasteiger partial charge >= 0.3 is 5.97 Å². The zero-order valence-corrected chi connectivity index (χ0v) is 10.0. The summed E-state index contributed by atoms with van der Waals surface area (Å²) in [6, 6.07) is 2.78. The van der Waals surface area contributed by atoms with Crippen LogP contribution >= 0.6 is 0 Å². The van der Waals surface area contributed by atoms with Crippen LogP contribution in [0.4, 0.5) is 8.78 Å². The summed E-state index contributed by atoms with van der Waals surface area (Å²) in [6.45, 7) is 6.92. The lowest BCUT2D eigenvalue weighted by atomic mass is 9.91. The Morgan fingerprint density at radius 3 is 2.32 bits per heavy atom. The Kier molecular flexibility index (Phi) is 4.52. The molecule has 19 heavy (non-hydrogen) atoms. The van der Waals surface area contributed by atoms with Gasteiger partial charge in [0.25, 0.3) is 0 Å². The highest BCUT2D eigenvalue weighted by Gasteiger charge is 2.37. The standard InChI is InChI=1S/C13H13F2NO3/c1-3-13(19-16,12(17)18)7-8(2)9-4-10(14)6-11(15)5-9/h3-6H,1-2,7,16H2,(H,17,18). The van der Waals surface area contributed by atoms with Crippen molar-refractivity contribution in [3.63, 3.8) is 0 Å². The topological polar surface area (TPSA) is 72.5 Å². The van der Waals surface area contributed by atoms with E-state index in [0.717, 1.165) is 18.2 Å². The first kappa shape index (κ1) is 15.0. The van der Waals surface area contributed by atoms with Crippen LogP contribution in [0.2, 0.25) is 0 Å². The second kappa shape index (κ2) is 5.73. The van der Waals surface area contributed by atoms with E-state index in [9.17, 15) is 13.6 Å². The predicted octanol–water partition coefficient (Wildman–Crippen LogP) is 2.27. The molecule has 6 heteroatoms. The number of hydrogen-bond donors (Lipinski definition) is 2. The van der Waals surface area contributed by atoms with Gasteiger partial charge in [-0.2, -0.15) is 0 Å². The SMILES string of the molecule is C=CC(CC(=C)c1cc(F)cc(F)c1)(ON)C(=O)O. The minimum absolute atomic E-state index is 0.127. The third kappa shape index (κ3) is 3.24. The summed E-state index contributed by atoms with van der Waals surface area (Å²) in [6.07, 6.45) is 0.710. The van der Waals surface area contributed by atoms with Crippen molar-refractivity contribution in [1.29, 1.82) is 0 Å². The maximum atomic E-state index is 13.1. The molecule has 1 aromatic rings. The predicted molar refractivity (Wildman–Crippen MR) is 65.8 cm³/mol. The molecule has 102 valence electrons. The van der Waals surface area contributed by atoms with Crippen molar-refractivity contribution in [2.45, 2.75) is 12.0 Å². The van der Waals surface area contributed by atoms with Crippen LogP contribution in [0.1, 0.15) is 12.0 Å². The van der Waals surface area contributed by atoms with Crippen LogP contribution in [0.25, 0.3) is 5.57 Å². The molecule has 0 bridgehead atoms. The fourth-order valence-electron chi connectivity index (χ4n) is 1.55. The normalized spacial score (nSPS) is 13.6. The highest BCUT2D eigenvalue weighted by molar-refractivity contribution is 5.83. The number of carbonyl (C=O) groups is 1. The smallest absolute Gasteiger partial charge is 0.342 e. The maximum absolute atomic E-state index is 13.1. The average molecular weight is 269 g/mol. The first-order valence-electron chi connectivity index (χ1n) is 5.24. The van der Waals surface area contributed by atoms with Crippen molar-refractivity contribution in [2.24, 2.45) is 5.90 Å². The summed E-state index contributed by atoms with van der Waals surface area (Å²) in [5, 5.41) is 9.06. The Balaban J connectivity index is 3.07. The van der Waals surface area contributed by atoms with E-state index < -0.39 is 23.2 Å². The highest BCUT2D eigenvalue weighted by atomic mass is 19.1.